The molecule has 1 saturated heterocycles. The van der Waals surface area contributed by atoms with E-state index in [1.807, 2.05) is 88.3 Å². The molecule has 1 N–H and O–H groups in total. The first-order chi connectivity index (χ1) is 18.2. The van der Waals surface area contributed by atoms with Gasteiger partial charge in [0.05, 0.1) is 24.3 Å². The number of ether oxygens (including phenoxy) is 2. The van der Waals surface area contributed by atoms with Crippen molar-refractivity contribution < 1.29 is 24.2 Å². The van der Waals surface area contributed by atoms with Gasteiger partial charge in [-0.1, -0.05) is 19.1 Å². The van der Waals surface area contributed by atoms with Crippen molar-refractivity contribution >= 4 is 28.8 Å². The van der Waals surface area contributed by atoms with E-state index in [0.29, 0.717) is 34.9 Å². The molecule has 3 aromatic rings. The fraction of sp³-hybridized carbons (Fsp3) is 0.290. The van der Waals surface area contributed by atoms with Crippen molar-refractivity contribution in [3.05, 3.63) is 89.5 Å². The summed E-state index contributed by atoms with van der Waals surface area (Å²) in [5, 5.41) is 11.4. The minimum atomic E-state index is -0.815. The highest BCUT2D eigenvalue weighted by Gasteiger charge is 2.47. The Kier molecular flexibility index (Phi) is 8.05. The maximum atomic E-state index is 13.4. The highest BCUT2D eigenvalue weighted by Crippen LogP contribution is 2.43. The number of anilines is 2. The van der Waals surface area contributed by atoms with Gasteiger partial charge in [-0.3, -0.25) is 14.5 Å². The Morgan fingerprint density at radius 2 is 1.53 bits per heavy atom. The Morgan fingerprint density at radius 1 is 0.921 bits per heavy atom. The Morgan fingerprint density at radius 3 is 2.08 bits per heavy atom. The van der Waals surface area contributed by atoms with Crippen molar-refractivity contribution in [3.8, 4) is 11.5 Å². The van der Waals surface area contributed by atoms with Crippen LogP contribution in [-0.4, -0.2) is 43.6 Å². The number of Topliss-reactive ketones (excluding diaryl/α,β-unsaturated/α-hetero) is 1. The zero-order valence-electron chi connectivity index (χ0n) is 22.5. The van der Waals surface area contributed by atoms with Gasteiger partial charge in [0.1, 0.15) is 17.3 Å². The minimum Gasteiger partial charge on any atom is -0.507 e. The van der Waals surface area contributed by atoms with Crippen LogP contribution >= 0.6 is 0 Å². The van der Waals surface area contributed by atoms with Crippen molar-refractivity contribution in [3.63, 3.8) is 0 Å². The van der Waals surface area contributed by atoms with Crippen LogP contribution < -0.4 is 19.3 Å². The van der Waals surface area contributed by atoms with Crippen LogP contribution in [0.15, 0.2) is 78.4 Å². The third kappa shape index (κ3) is 5.52. The number of carbonyl (C=O) groups excluding carboxylic acids is 2. The monoisotopic (exact) mass is 514 g/mol. The van der Waals surface area contributed by atoms with Crippen LogP contribution in [0.1, 0.15) is 44.4 Å². The molecule has 3 aromatic carbocycles. The number of hydrogen-bond donors (Lipinski definition) is 1. The normalized spacial score (nSPS) is 16.7. The number of hydrogen-bond acceptors (Lipinski definition) is 6. The molecule has 1 aliphatic rings. The quantitative estimate of drug-likeness (QED) is 0.216. The van der Waals surface area contributed by atoms with Gasteiger partial charge in [0, 0.05) is 31.0 Å². The van der Waals surface area contributed by atoms with Gasteiger partial charge in [0.2, 0.25) is 0 Å². The van der Waals surface area contributed by atoms with E-state index < -0.39 is 17.7 Å². The molecular formula is C31H34N2O5. The summed E-state index contributed by atoms with van der Waals surface area (Å²) in [6.45, 7) is 6.49. The Hall–Kier alpha value is -4.26. The lowest BCUT2D eigenvalue weighted by Crippen LogP contribution is -2.29. The molecule has 0 spiro atoms. The molecule has 0 radical (unpaired) electrons. The number of nitrogens with zero attached hydrogens (tertiary/aromatic N) is 2. The summed E-state index contributed by atoms with van der Waals surface area (Å²) in [6, 6.07) is 20.7. The minimum absolute atomic E-state index is 0.00553. The second-order valence-corrected chi connectivity index (χ2v) is 9.69. The van der Waals surface area contributed by atoms with Crippen LogP contribution in [0.2, 0.25) is 0 Å². The SMILES string of the molecule is CCCOc1ccc(/C(O)=C2\C(=O)C(=O)N(c3ccc(N(C)C)cc3)C2c2ccc(OC(C)C)cc2)cc1. The fourth-order valence-electron chi connectivity index (χ4n) is 4.41. The lowest BCUT2D eigenvalue weighted by Gasteiger charge is -2.26. The van der Waals surface area contributed by atoms with Gasteiger partial charge < -0.3 is 19.5 Å². The second-order valence-electron chi connectivity index (χ2n) is 9.69. The zero-order valence-corrected chi connectivity index (χ0v) is 22.5. The first-order valence-electron chi connectivity index (χ1n) is 12.8. The van der Waals surface area contributed by atoms with Gasteiger partial charge in [-0.05, 0) is 86.5 Å². The van der Waals surface area contributed by atoms with E-state index in [-0.39, 0.29) is 17.4 Å². The molecule has 0 aromatic heterocycles. The standard InChI is InChI=1S/C31H34N2O5/c1-6-19-37-25-15-9-22(10-16-25)29(34)27-28(21-7-17-26(18-8-21)38-20(2)3)33(31(36)30(27)35)24-13-11-23(12-14-24)32(4)5/h7-18,20,28,34H,6,19H2,1-5H3/b29-27+. The van der Waals surface area contributed by atoms with Crippen molar-refractivity contribution in [1.29, 1.82) is 0 Å². The molecule has 198 valence electrons. The van der Waals surface area contributed by atoms with Crippen LogP contribution in [0.25, 0.3) is 5.76 Å². The Bertz CT molecular complexity index is 1310. The predicted molar refractivity (Wildman–Crippen MR) is 150 cm³/mol. The van der Waals surface area contributed by atoms with Crippen LogP contribution in [0.3, 0.4) is 0 Å². The van der Waals surface area contributed by atoms with Gasteiger partial charge in [-0.15, -0.1) is 0 Å². The summed E-state index contributed by atoms with van der Waals surface area (Å²) in [7, 11) is 3.86. The maximum Gasteiger partial charge on any atom is 0.300 e. The summed E-state index contributed by atoms with van der Waals surface area (Å²) < 4.78 is 11.4. The maximum absolute atomic E-state index is 13.4. The molecule has 1 heterocycles. The number of carbonyl (C=O) groups is 2. The highest BCUT2D eigenvalue weighted by atomic mass is 16.5. The number of amides is 1. The lowest BCUT2D eigenvalue weighted by atomic mass is 9.95. The van der Waals surface area contributed by atoms with Gasteiger partial charge in [0.15, 0.2) is 0 Å². The molecule has 1 atom stereocenters. The molecule has 0 saturated carbocycles. The summed E-state index contributed by atoms with van der Waals surface area (Å²) in [5.41, 5.74) is 2.67. The topological polar surface area (TPSA) is 79.3 Å². The molecule has 0 bridgehead atoms. The lowest BCUT2D eigenvalue weighted by molar-refractivity contribution is -0.132. The van der Waals surface area contributed by atoms with E-state index in [1.54, 1.807) is 24.3 Å². The van der Waals surface area contributed by atoms with Gasteiger partial charge in [-0.2, -0.15) is 0 Å². The largest absolute Gasteiger partial charge is 0.507 e. The first-order valence-corrected chi connectivity index (χ1v) is 12.8. The number of aliphatic hydroxyl groups is 1. The summed E-state index contributed by atoms with van der Waals surface area (Å²) in [5.74, 6) is -0.316. The van der Waals surface area contributed by atoms with Gasteiger partial charge >= 0.3 is 0 Å². The van der Waals surface area contributed by atoms with Crippen molar-refractivity contribution in [1.82, 2.24) is 0 Å². The van der Waals surface area contributed by atoms with E-state index in [9.17, 15) is 14.7 Å². The average molecular weight is 515 g/mol. The zero-order chi connectivity index (χ0) is 27.4. The first kappa shape index (κ1) is 26.8. The van der Waals surface area contributed by atoms with Crippen LogP contribution in [0.5, 0.6) is 11.5 Å². The molecule has 7 heteroatoms. The predicted octanol–water partition coefficient (Wildman–Crippen LogP) is 5.95. The average Bonchev–Trinajstić information content (AvgIpc) is 3.17. The van der Waals surface area contributed by atoms with Gasteiger partial charge in [-0.25, -0.2) is 0 Å². The van der Waals surface area contributed by atoms with Crippen molar-refractivity contribution in [2.45, 2.75) is 39.3 Å². The summed E-state index contributed by atoms with van der Waals surface area (Å²) in [6.07, 6.45) is 0.882. The Balaban J connectivity index is 1.81. The van der Waals surface area contributed by atoms with E-state index >= 15 is 0 Å². The number of aliphatic hydroxyl groups excluding tert-OH is 1. The molecule has 1 aliphatic heterocycles. The number of benzene rings is 3. The van der Waals surface area contributed by atoms with Crippen molar-refractivity contribution in [2.24, 2.45) is 0 Å². The van der Waals surface area contributed by atoms with Crippen LogP contribution in [0.4, 0.5) is 11.4 Å². The molecule has 7 nitrogen and oxygen atoms in total. The van der Waals surface area contributed by atoms with Crippen LogP contribution in [-0.2, 0) is 9.59 Å². The smallest absolute Gasteiger partial charge is 0.300 e. The Labute approximate surface area is 223 Å². The molecule has 4 rings (SSSR count). The molecule has 1 unspecified atom stereocenters. The molecule has 38 heavy (non-hydrogen) atoms. The number of rotatable bonds is 9. The molecular weight excluding hydrogens is 480 g/mol. The van der Waals surface area contributed by atoms with E-state index in [2.05, 4.69) is 0 Å². The molecule has 1 fully saturated rings. The summed E-state index contributed by atoms with van der Waals surface area (Å²) in [4.78, 5) is 30.2. The summed E-state index contributed by atoms with van der Waals surface area (Å²) >= 11 is 0. The van der Waals surface area contributed by atoms with E-state index in [4.69, 9.17) is 9.47 Å². The molecule has 1 amide bonds. The fourth-order valence-corrected chi connectivity index (χ4v) is 4.41. The molecule has 0 aliphatic carbocycles. The second kappa shape index (κ2) is 11.4. The number of ketones is 1. The highest BCUT2D eigenvalue weighted by molar-refractivity contribution is 6.51. The van der Waals surface area contributed by atoms with Crippen molar-refractivity contribution in [2.75, 3.05) is 30.5 Å². The van der Waals surface area contributed by atoms with E-state index in [1.165, 1.54) is 4.90 Å². The third-order valence-corrected chi connectivity index (χ3v) is 6.26. The third-order valence-electron chi connectivity index (χ3n) is 6.26. The van der Waals surface area contributed by atoms with Gasteiger partial charge in [0.25, 0.3) is 11.7 Å². The van der Waals surface area contributed by atoms with E-state index in [0.717, 1.165) is 12.1 Å². The van der Waals surface area contributed by atoms with Crippen LogP contribution in [0, 0.1) is 0 Å².